The Balaban J connectivity index is 3.04. The minimum absolute atomic E-state index is 0.420. The number of benzene rings is 1. The van der Waals surface area contributed by atoms with Crippen LogP contribution in [0.25, 0.3) is 0 Å². The van der Waals surface area contributed by atoms with Crippen LogP contribution in [0.5, 0.6) is 5.75 Å². The van der Waals surface area contributed by atoms with E-state index >= 15 is 0 Å². The molecule has 1 unspecified atom stereocenters. The highest BCUT2D eigenvalue weighted by Crippen LogP contribution is 2.25. The Bertz CT molecular complexity index is 459. The van der Waals surface area contributed by atoms with Crippen molar-refractivity contribution in [1.29, 1.82) is 0 Å². The van der Waals surface area contributed by atoms with Gasteiger partial charge in [-0.3, -0.25) is 4.79 Å². The van der Waals surface area contributed by atoms with Crippen LogP contribution < -0.4 is 10.5 Å². The van der Waals surface area contributed by atoms with Crippen molar-refractivity contribution < 1.29 is 19.1 Å². The Morgan fingerprint density at radius 1 is 1.22 bits per heavy atom. The van der Waals surface area contributed by atoms with E-state index in [-0.39, 0.29) is 0 Å². The highest BCUT2D eigenvalue weighted by molar-refractivity contribution is 5.93. The molecule has 18 heavy (non-hydrogen) atoms. The van der Waals surface area contributed by atoms with Crippen LogP contribution in [0.15, 0.2) is 12.1 Å². The lowest BCUT2D eigenvalue weighted by Gasteiger charge is -2.17. The van der Waals surface area contributed by atoms with Crippen LogP contribution in [0.4, 0.5) is 0 Å². The van der Waals surface area contributed by atoms with E-state index in [1.54, 1.807) is 32.9 Å². The molecular weight excluding hydrogens is 234 g/mol. The van der Waals surface area contributed by atoms with Crippen molar-refractivity contribution >= 4 is 11.9 Å². The van der Waals surface area contributed by atoms with Gasteiger partial charge >= 0.3 is 5.97 Å². The summed E-state index contributed by atoms with van der Waals surface area (Å²) in [6, 6.07) is 3.27. The van der Waals surface area contributed by atoms with E-state index in [1.807, 2.05) is 0 Å². The first-order chi connectivity index (χ1) is 8.36. The molecule has 5 heteroatoms. The zero-order valence-corrected chi connectivity index (χ0v) is 10.9. The Hall–Kier alpha value is -2.04. The molecule has 98 valence electrons. The van der Waals surface area contributed by atoms with Crippen LogP contribution in [0.1, 0.15) is 28.4 Å². The molecule has 1 aromatic rings. The lowest BCUT2D eigenvalue weighted by Crippen LogP contribution is -2.25. The Labute approximate surface area is 106 Å². The van der Waals surface area contributed by atoms with Gasteiger partial charge in [0.05, 0.1) is 7.11 Å². The van der Waals surface area contributed by atoms with E-state index in [9.17, 15) is 9.59 Å². The number of hydrogen-bond donors (Lipinski definition) is 1. The summed E-state index contributed by atoms with van der Waals surface area (Å²) in [4.78, 5) is 22.4. The first-order valence-electron chi connectivity index (χ1n) is 5.52. The Morgan fingerprint density at radius 3 is 2.11 bits per heavy atom. The van der Waals surface area contributed by atoms with Crippen LogP contribution >= 0.6 is 0 Å². The minimum Gasteiger partial charge on any atom is -0.478 e. The van der Waals surface area contributed by atoms with Gasteiger partial charge in [0, 0.05) is 5.56 Å². The van der Waals surface area contributed by atoms with Crippen LogP contribution in [0, 0.1) is 13.8 Å². The van der Waals surface area contributed by atoms with Crippen molar-refractivity contribution in [3.63, 3.8) is 0 Å². The third-order valence-electron chi connectivity index (χ3n) is 2.57. The SMILES string of the molecule is COC(=O)C(C)Oc1c(C)cc(C(N)=O)cc1C. The van der Waals surface area contributed by atoms with Crippen molar-refractivity contribution in [2.75, 3.05) is 7.11 Å². The molecule has 0 saturated heterocycles. The van der Waals surface area contributed by atoms with Gasteiger partial charge in [0.1, 0.15) is 5.75 Å². The minimum atomic E-state index is -0.702. The lowest BCUT2D eigenvalue weighted by molar-refractivity contribution is -0.147. The lowest BCUT2D eigenvalue weighted by atomic mass is 10.1. The highest BCUT2D eigenvalue weighted by atomic mass is 16.6. The molecule has 0 heterocycles. The predicted octanol–water partition coefficient (Wildman–Crippen LogP) is 1.34. The molecule has 0 aliphatic carbocycles. The molecule has 0 saturated carbocycles. The first kappa shape index (κ1) is 14.0. The van der Waals surface area contributed by atoms with Gasteiger partial charge in [-0.2, -0.15) is 0 Å². The molecule has 2 N–H and O–H groups in total. The fourth-order valence-electron chi connectivity index (χ4n) is 1.67. The number of rotatable bonds is 4. The quantitative estimate of drug-likeness (QED) is 0.819. The maximum atomic E-state index is 11.3. The summed E-state index contributed by atoms with van der Waals surface area (Å²) in [5.41, 5.74) is 7.14. The van der Waals surface area contributed by atoms with Crippen molar-refractivity contribution in [3.05, 3.63) is 28.8 Å². The number of hydrogen-bond acceptors (Lipinski definition) is 4. The van der Waals surface area contributed by atoms with Crippen molar-refractivity contribution in [3.8, 4) is 5.75 Å². The second-order valence-electron chi connectivity index (χ2n) is 4.09. The van der Waals surface area contributed by atoms with E-state index in [2.05, 4.69) is 4.74 Å². The van der Waals surface area contributed by atoms with Gasteiger partial charge in [0.2, 0.25) is 5.91 Å². The van der Waals surface area contributed by atoms with Crippen LogP contribution in [-0.4, -0.2) is 25.1 Å². The molecule has 0 aromatic heterocycles. The Morgan fingerprint density at radius 2 is 1.72 bits per heavy atom. The number of primary amides is 1. The molecule has 0 fully saturated rings. The Kier molecular flexibility index (Phi) is 4.31. The van der Waals surface area contributed by atoms with Gasteiger partial charge in [-0.05, 0) is 44.0 Å². The average molecular weight is 251 g/mol. The molecule has 0 spiro atoms. The molecule has 0 aliphatic rings. The van der Waals surface area contributed by atoms with E-state index in [0.29, 0.717) is 11.3 Å². The van der Waals surface area contributed by atoms with Crippen LogP contribution in [0.2, 0.25) is 0 Å². The monoisotopic (exact) mass is 251 g/mol. The molecule has 5 nitrogen and oxygen atoms in total. The largest absolute Gasteiger partial charge is 0.478 e. The summed E-state index contributed by atoms with van der Waals surface area (Å²) in [5.74, 6) is -0.376. The second kappa shape index (κ2) is 5.53. The molecule has 1 aromatic carbocycles. The number of esters is 1. The van der Waals surface area contributed by atoms with Crippen LogP contribution in [0.3, 0.4) is 0 Å². The van der Waals surface area contributed by atoms with Gasteiger partial charge in [0.15, 0.2) is 6.10 Å². The zero-order chi connectivity index (χ0) is 13.9. The number of ether oxygens (including phenoxy) is 2. The summed E-state index contributed by atoms with van der Waals surface area (Å²) in [6.07, 6.45) is -0.702. The van der Waals surface area contributed by atoms with Crippen molar-refractivity contribution in [1.82, 2.24) is 0 Å². The fraction of sp³-hybridized carbons (Fsp3) is 0.385. The van der Waals surface area contributed by atoms with Crippen molar-refractivity contribution in [2.45, 2.75) is 26.9 Å². The summed E-state index contributed by atoms with van der Waals surface area (Å²) in [7, 11) is 1.30. The molecule has 0 radical (unpaired) electrons. The normalized spacial score (nSPS) is 11.8. The van der Waals surface area contributed by atoms with Gasteiger partial charge in [0.25, 0.3) is 0 Å². The van der Waals surface area contributed by atoms with Gasteiger partial charge < -0.3 is 15.2 Å². The molecule has 0 bridgehead atoms. The maximum absolute atomic E-state index is 11.3. The van der Waals surface area contributed by atoms with E-state index < -0.39 is 18.0 Å². The van der Waals surface area contributed by atoms with Crippen molar-refractivity contribution in [2.24, 2.45) is 5.73 Å². The number of carbonyl (C=O) groups is 2. The average Bonchev–Trinajstić information content (AvgIpc) is 2.31. The van der Waals surface area contributed by atoms with Crippen LogP contribution in [-0.2, 0) is 9.53 Å². The zero-order valence-electron chi connectivity index (χ0n) is 10.9. The third-order valence-corrected chi connectivity index (χ3v) is 2.57. The molecular formula is C13H17NO4. The topological polar surface area (TPSA) is 78.6 Å². The van der Waals surface area contributed by atoms with E-state index in [0.717, 1.165) is 11.1 Å². The predicted molar refractivity (Wildman–Crippen MR) is 66.5 cm³/mol. The number of aryl methyl sites for hydroxylation is 2. The number of methoxy groups -OCH3 is 1. The van der Waals surface area contributed by atoms with E-state index in [4.69, 9.17) is 10.5 Å². The van der Waals surface area contributed by atoms with Gasteiger partial charge in [-0.15, -0.1) is 0 Å². The number of amides is 1. The summed E-state index contributed by atoms with van der Waals surface area (Å²) >= 11 is 0. The second-order valence-corrected chi connectivity index (χ2v) is 4.09. The van der Waals surface area contributed by atoms with E-state index in [1.165, 1.54) is 7.11 Å². The molecule has 0 aliphatic heterocycles. The van der Waals surface area contributed by atoms with Gasteiger partial charge in [-0.1, -0.05) is 0 Å². The maximum Gasteiger partial charge on any atom is 0.346 e. The molecule has 1 atom stereocenters. The summed E-state index contributed by atoms with van der Waals surface area (Å²) < 4.78 is 10.1. The number of nitrogens with two attached hydrogens (primary N) is 1. The highest BCUT2D eigenvalue weighted by Gasteiger charge is 2.18. The van der Waals surface area contributed by atoms with Gasteiger partial charge in [-0.25, -0.2) is 4.79 Å². The molecule has 1 rings (SSSR count). The number of carbonyl (C=O) groups excluding carboxylic acids is 2. The third kappa shape index (κ3) is 3.00. The first-order valence-corrected chi connectivity index (χ1v) is 5.52. The summed E-state index contributed by atoms with van der Waals surface area (Å²) in [6.45, 7) is 5.18. The standard InChI is InChI=1S/C13H17NO4/c1-7-5-10(12(14)15)6-8(2)11(7)18-9(3)13(16)17-4/h5-6,9H,1-4H3,(H2,14,15). The summed E-state index contributed by atoms with van der Waals surface area (Å²) in [5, 5.41) is 0. The smallest absolute Gasteiger partial charge is 0.346 e. The fourth-order valence-corrected chi connectivity index (χ4v) is 1.67. The molecule has 1 amide bonds.